The molecule has 0 spiro atoms. The lowest BCUT2D eigenvalue weighted by atomic mass is 10.1. The Hall–Kier alpha value is -1.58. The van der Waals surface area contributed by atoms with Crippen molar-refractivity contribution in [1.82, 2.24) is 4.90 Å². The summed E-state index contributed by atoms with van der Waals surface area (Å²) in [5, 5.41) is 0. The number of carbonyl (C=O) groups is 1. The van der Waals surface area contributed by atoms with Gasteiger partial charge in [0.05, 0.1) is 11.3 Å². The predicted molar refractivity (Wildman–Crippen MR) is 74.4 cm³/mol. The highest BCUT2D eigenvalue weighted by Gasteiger charge is 2.24. The maximum Gasteiger partial charge on any atom is 0.256 e. The van der Waals surface area contributed by atoms with Crippen LogP contribution in [0.5, 0.6) is 0 Å². The van der Waals surface area contributed by atoms with Gasteiger partial charge in [-0.15, -0.1) is 0 Å². The molecule has 2 rings (SSSR count). The van der Waals surface area contributed by atoms with Gasteiger partial charge in [-0.2, -0.15) is 0 Å². The first kappa shape index (κ1) is 13.8. The standard InChI is InChI=1S/C15H21FN2O/c1-18(11-7-4-2-3-5-8-11)15(19)12-9-6-10-13(16)14(12)17/h6,9-11H,2-5,7-8,17H2,1H3. The molecule has 0 unspecified atom stereocenters. The molecule has 1 aromatic rings. The van der Waals surface area contributed by atoms with Crippen molar-refractivity contribution >= 4 is 11.6 Å². The van der Waals surface area contributed by atoms with E-state index in [0.717, 1.165) is 25.7 Å². The largest absolute Gasteiger partial charge is 0.396 e. The number of carbonyl (C=O) groups excluding carboxylic acids is 1. The highest BCUT2D eigenvalue weighted by atomic mass is 19.1. The maximum absolute atomic E-state index is 13.4. The second-order valence-electron chi connectivity index (χ2n) is 5.26. The molecule has 1 aliphatic rings. The van der Waals surface area contributed by atoms with E-state index in [1.54, 1.807) is 18.0 Å². The van der Waals surface area contributed by atoms with Crippen molar-refractivity contribution in [2.24, 2.45) is 0 Å². The molecule has 1 aliphatic carbocycles. The highest BCUT2D eigenvalue weighted by molar-refractivity contribution is 5.99. The quantitative estimate of drug-likeness (QED) is 0.658. The van der Waals surface area contributed by atoms with Gasteiger partial charge >= 0.3 is 0 Å². The minimum absolute atomic E-state index is 0.0482. The summed E-state index contributed by atoms with van der Waals surface area (Å²) in [7, 11) is 1.79. The molecule has 0 radical (unpaired) electrons. The molecule has 0 heterocycles. The zero-order valence-electron chi connectivity index (χ0n) is 11.4. The second kappa shape index (κ2) is 6.04. The zero-order chi connectivity index (χ0) is 13.8. The van der Waals surface area contributed by atoms with Gasteiger partial charge in [0.25, 0.3) is 5.91 Å². The molecule has 0 bridgehead atoms. The average molecular weight is 264 g/mol. The van der Waals surface area contributed by atoms with Crippen LogP contribution in [0.1, 0.15) is 48.9 Å². The molecule has 1 fully saturated rings. The van der Waals surface area contributed by atoms with Gasteiger partial charge < -0.3 is 10.6 Å². The van der Waals surface area contributed by atoms with Crippen molar-refractivity contribution in [1.29, 1.82) is 0 Å². The molecule has 4 heteroatoms. The minimum Gasteiger partial charge on any atom is -0.396 e. The molecule has 104 valence electrons. The Morgan fingerprint density at radius 2 is 1.89 bits per heavy atom. The van der Waals surface area contributed by atoms with Crippen molar-refractivity contribution in [2.45, 2.75) is 44.6 Å². The molecule has 1 aromatic carbocycles. The summed E-state index contributed by atoms with van der Waals surface area (Å²) in [5.41, 5.74) is 5.88. The topological polar surface area (TPSA) is 46.3 Å². The SMILES string of the molecule is CN(C(=O)c1cccc(F)c1N)C1CCCCCC1. The number of para-hydroxylation sites is 1. The number of hydrogen-bond donors (Lipinski definition) is 1. The van der Waals surface area contributed by atoms with E-state index < -0.39 is 5.82 Å². The molecular weight excluding hydrogens is 243 g/mol. The van der Waals surface area contributed by atoms with Crippen LogP contribution in [0.2, 0.25) is 0 Å². The van der Waals surface area contributed by atoms with Crippen molar-refractivity contribution < 1.29 is 9.18 Å². The van der Waals surface area contributed by atoms with Crippen LogP contribution < -0.4 is 5.73 Å². The minimum atomic E-state index is -0.528. The first-order valence-corrected chi connectivity index (χ1v) is 6.92. The molecule has 2 N–H and O–H groups in total. The van der Waals surface area contributed by atoms with Crippen LogP contribution in [-0.4, -0.2) is 23.9 Å². The zero-order valence-corrected chi connectivity index (χ0v) is 11.4. The summed E-state index contributed by atoms with van der Waals surface area (Å²) < 4.78 is 13.4. The van der Waals surface area contributed by atoms with Crippen molar-refractivity contribution in [3.8, 4) is 0 Å². The fourth-order valence-corrected chi connectivity index (χ4v) is 2.72. The number of benzene rings is 1. The molecule has 0 atom stereocenters. The smallest absolute Gasteiger partial charge is 0.256 e. The number of nitrogen functional groups attached to an aromatic ring is 1. The Kier molecular flexibility index (Phi) is 4.40. The summed E-state index contributed by atoms with van der Waals surface area (Å²) in [4.78, 5) is 14.1. The number of anilines is 1. The Labute approximate surface area is 113 Å². The van der Waals surface area contributed by atoms with Crippen molar-refractivity contribution in [3.63, 3.8) is 0 Å². The van der Waals surface area contributed by atoms with Crippen LogP contribution in [0, 0.1) is 5.82 Å². The van der Waals surface area contributed by atoms with E-state index in [-0.39, 0.29) is 23.2 Å². The fraction of sp³-hybridized carbons (Fsp3) is 0.533. The first-order chi connectivity index (χ1) is 9.11. The lowest BCUT2D eigenvalue weighted by molar-refractivity contribution is 0.0718. The van der Waals surface area contributed by atoms with Gasteiger partial charge in [-0.25, -0.2) is 4.39 Å². The summed E-state index contributed by atoms with van der Waals surface area (Å²) in [6, 6.07) is 4.64. The first-order valence-electron chi connectivity index (χ1n) is 6.92. The number of nitrogens with zero attached hydrogens (tertiary/aromatic N) is 1. The summed E-state index contributed by atoms with van der Waals surface area (Å²) in [6.45, 7) is 0. The van der Waals surface area contributed by atoms with E-state index in [9.17, 15) is 9.18 Å². The Balaban J connectivity index is 2.15. The summed E-state index contributed by atoms with van der Waals surface area (Å²) in [6.07, 6.45) is 6.83. The molecule has 1 saturated carbocycles. The average Bonchev–Trinajstić information content (AvgIpc) is 2.69. The van der Waals surface area contributed by atoms with E-state index >= 15 is 0 Å². The molecule has 19 heavy (non-hydrogen) atoms. The van der Waals surface area contributed by atoms with Crippen LogP contribution in [-0.2, 0) is 0 Å². The van der Waals surface area contributed by atoms with Crippen LogP contribution in [0.4, 0.5) is 10.1 Å². The van der Waals surface area contributed by atoms with Gasteiger partial charge in [-0.05, 0) is 25.0 Å². The van der Waals surface area contributed by atoms with Gasteiger partial charge in [-0.1, -0.05) is 31.7 Å². The number of halogens is 1. The van der Waals surface area contributed by atoms with E-state index in [0.29, 0.717) is 0 Å². The van der Waals surface area contributed by atoms with E-state index in [1.807, 2.05) is 0 Å². The van der Waals surface area contributed by atoms with Crippen LogP contribution >= 0.6 is 0 Å². The monoisotopic (exact) mass is 264 g/mol. The van der Waals surface area contributed by atoms with Crippen molar-refractivity contribution in [2.75, 3.05) is 12.8 Å². The van der Waals surface area contributed by atoms with Gasteiger partial charge in [0.2, 0.25) is 0 Å². The van der Waals surface area contributed by atoms with Crippen molar-refractivity contribution in [3.05, 3.63) is 29.6 Å². The number of nitrogens with two attached hydrogens (primary N) is 1. The van der Waals surface area contributed by atoms with E-state index in [2.05, 4.69) is 0 Å². The number of rotatable bonds is 2. The third-order valence-electron chi connectivity index (χ3n) is 3.98. The second-order valence-corrected chi connectivity index (χ2v) is 5.26. The van der Waals surface area contributed by atoms with Gasteiger partial charge in [-0.3, -0.25) is 4.79 Å². The Morgan fingerprint density at radius 3 is 2.53 bits per heavy atom. The van der Waals surface area contributed by atoms with Gasteiger partial charge in [0.1, 0.15) is 5.82 Å². The summed E-state index contributed by atoms with van der Waals surface area (Å²) in [5.74, 6) is -0.705. The third kappa shape index (κ3) is 3.06. The molecule has 1 amide bonds. The van der Waals surface area contributed by atoms with Crippen LogP contribution in [0.3, 0.4) is 0 Å². The molecule has 0 saturated heterocycles. The lowest BCUT2D eigenvalue weighted by Gasteiger charge is -2.27. The third-order valence-corrected chi connectivity index (χ3v) is 3.98. The fourth-order valence-electron chi connectivity index (χ4n) is 2.72. The van der Waals surface area contributed by atoms with Gasteiger partial charge in [0, 0.05) is 13.1 Å². The Morgan fingerprint density at radius 1 is 1.26 bits per heavy atom. The lowest BCUT2D eigenvalue weighted by Crippen LogP contribution is -2.37. The molecule has 0 aliphatic heterocycles. The number of amides is 1. The van der Waals surface area contributed by atoms with E-state index in [1.165, 1.54) is 25.0 Å². The summed E-state index contributed by atoms with van der Waals surface area (Å²) >= 11 is 0. The van der Waals surface area contributed by atoms with Crippen LogP contribution in [0.25, 0.3) is 0 Å². The normalized spacial score (nSPS) is 16.9. The molecular formula is C15H21FN2O. The van der Waals surface area contributed by atoms with Crippen LogP contribution in [0.15, 0.2) is 18.2 Å². The number of hydrogen-bond acceptors (Lipinski definition) is 2. The van der Waals surface area contributed by atoms with Gasteiger partial charge in [0.15, 0.2) is 0 Å². The predicted octanol–water partition coefficient (Wildman–Crippen LogP) is 3.20. The Bertz CT molecular complexity index is 453. The van der Waals surface area contributed by atoms with E-state index in [4.69, 9.17) is 5.73 Å². The molecule has 3 nitrogen and oxygen atoms in total. The molecule has 0 aromatic heterocycles. The maximum atomic E-state index is 13.4. The highest BCUT2D eigenvalue weighted by Crippen LogP contribution is 2.24.